The van der Waals surface area contributed by atoms with E-state index in [1.807, 2.05) is 6.07 Å². The second-order valence-electron chi connectivity index (χ2n) is 3.44. The second kappa shape index (κ2) is 5.25. The lowest BCUT2D eigenvalue weighted by atomic mass is 10.3. The molecule has 0 fully saturated rings. The van der Waals surface area contributed by atoms with Crippen LogP contribution in [0, 0.1) is 0 Å². The highest BCUT2D eigenvalue weighted by Gasteiger charge is 2.08. The molecule has 13 heavy (non-hydrogen) atoms. The summed E-state index contributed by atoms with van der Waals surface area (Å²) in [5, 5.41) is 6.76. The summed E-state index contributed by atoms with van der Waals surface area (Å²) in [4.78, 5) is 8.24. The first-order valence-electron chi connectivity index (χ1n) is 3.90. The van der Waals surface area contributed by atoms with Gasteiger partial charge in [-0.25, -0.2) is 0 Å². The normalized spacial score (nSPS) is 9.46. The Morgan fingerprint density at radius 3 is 1.77 bits per heavy atom. The summed E-state index contributed by atoms with van der Waals surface area (Å²) in [7, 11) is 6.49. The van der Waals surface area contributed by atoms with Gasteiger partial charge in [-0.3, -0.25) is 9.28 Å². The lowest BCUT2D eigenvalue weighted by Gasteiger charge is -2.22. The van der Waals surface area contributed by atoms with Crippen LogP contribution in [0.15, 0.2) is 30.3 Å². The van der Waals surface area contributed by atoms with E-state index in [9.17, 15) is 0 Å². The third-order valence-electron chi connectivity index (χ3n) is 1.53. The quantitative estimate of drug-likeness (QED) is 0.367. The van der Waals surface area contributed by atoms with Crippen LogP contribution in [-0.4, -0.2) is 27.2 Å². The number of carbonyl (C=O) groups excluding carboxylic acids is 1. The van der Waals surface area contributed by atoms with Gasteiger partial charge in [-0.1, -0.05) is 18.2 Å². The van der Waals surface area contributed by atoms with E-state index in [2.05, 4.69) is 45.4 Å². The molecule has 0 saturated heterocycles. The molecule has 3 heteroatoms. The van der Waals surface area contributed by atoms with E-state index < -0.39 is 0 Å². The zero-order valence-corrected chi connectivity index (χ0v) is 8.19. The second-order valence-corrected chi connectivity index (χ2v) is 3.44. The topological polar surface area (TPSA) is 39.4 Å². The molecule has 1 aromatic carbocycles. The van der Waals surface area contributed by atoms with Crippen molar-refractivity contribution in [3.63, 3.8) is 0 Å². The number of para-hydroxylation sites is 1. The van der Waals surface area contributed by atoms with Gasteiger partial charge >= 0.3 is 0 Å². The number of benzene rings is 1. The molecule has 0 aliphatic carbocycles. The lowest BCUT2D eigenvalue weighted by molar-refractivity contribution is 0.486. The summed E-state index contributed by atoms with van der Waals surface area (Å²) in [6.45, 7) is 0. The van der Waals surface area contributed by atoms with Crippen molar-refractivity contribution in [2.24, 2.45) is 0 Å². The minimum absolute atomic E-state index is 0.500. The van der Waals surface area contributed by atoms with Gasteiger partial charge in [0.05, 0.1) is 21.1 Å². The third-order valence-corrected chi connectivity index (χ3v) is 1.53. The summed E-state index contributed by atoms with van der Waals surface area (Å²) < 4.78 is 0.890. The highest BCUT2D eigenvalue weighted by atomic mass is 16.1. The van der Waals surface area contributed by atoms with E-state index in [1.165, 1.54) is 5.69 Å². The van der Waals surface area contributed by atoms with Crippen molar-refractivity contribution in [1.29, 1.82) is 0 Å². The molecule has 0 aliphatic heterocycles. The van der Waals surface area contributed by atoms with Crippen LogP contribution in [0.2, 0.25) is 0 Å². The van der Waals surface area contributed by atoms with Crippen LogP contribution in [0.25, 0.3) is 5.41 Å². The van der Waals surface area contributed by atoms with Gasteiger partial charge in [0.25, 0.3) is 0 Å². The largest absolute Gasteiger partial charge is 0.724 e. The number of hydrogen-bond donors (Lipinski definition) is 0. The predicted molar refractivity (Wildman–Crippen MR) is 55.1 cm³/mol. The monoisotopic (exact) mass is 178 g/mol. The molecule has 0 aromatic heterocycles. The van der Waals surface area contributed by atoms with Crippen molar-refractivity contribution in [3.8, 4) is 0 Å². The molecule has 0 atom stereocenters. The molecule has 0 N–H and O–H groups in total. The van der Waals surface area contributed by atoms with Gasteiger partial charge in [0.15, 0.2) is 0 Å². The fourth-order valence-electron chi connectivity index (χ4n) is 0.875. The zero-order chi connectivity index (χ0) is 10.3. The van der Waals surface area contributed by atoms with Crippen LogP contribution in [0.4, 0.5) is 5.69 Å². The van der Waals surface area contributed by atoms with Crippen LogP contribution in [-0.2, 0) is 4.79 Å². The molecule has 0 spiro atoms. The van der Waals surface area contributed by atoms with Crippen molar-refractivity contribution in [2.75, 3.05) is 21.1 Å². The minimum atomic E-state index is 0.500. The molecule has 1 rings (SSSR count). The van der Waals surface area contributed by atoms with Crippen molar-refractivity contribution in [2.45, 2.75) is 0 Å². The summed E-state index contributed by atoms with van der Waals surface area (Å²) in [5.41, 5.74) is 1.34. The van der Waals surface area contributed by atoms with Crippen LogP contribution < -0.4 is 4.48 Å². The number of isocyanates is 1. The molecular weight excluding hydrogens is 164 g/mol. The van der Waals surface area contributed by atoms with E-state index in [-0.39, 0.29) is 0 Å². The summed E-state index contributed by atoms with van der Waals surface area (Å²) in [6.07, 6.45) is 0.500. The van der Waals surface area contributed by atoms with Gasteiger partial charge in [-0.05, 0) is 18.2 Å². The Balaban J connectivity index is 0.000000424. The standard InChI is InChI=1S/C9H14N.CNO/c1-10(2,3)9-7-5-4-6-8-9;2-1-3/h4-8H,1-3H3;/q+1;-1. The summed E-state index contributed by atoms with van der Waals surface area (Å²) in [5.74, 6) is 0. The van der Waals surface area contributed by atoms with Gasteiger partial charge in [-0.2, -0.15) is 0 Å². The molecule has 3 nitrogen and oxygen atoms in total. The van der Waals surface area contributed by atoms with Crippen molar-refractivity contribution < 1.29 is 4.79 Å². The van der Waals surface area contributed by atoms with Crippen molar-refractivity contribution >= 4 is 11.8 Å². The summed E-state index contributed by atoms with van der Waals surface area (Å²) in [6, 6.07) is 10.5. The first-order chi connectivity index (χ1) is 6.02. The maximum absolute atomic E-state index is 8.24. The van der Waals surface area contributed by atoms with Crippen LogP contribution in [0.1, 0.15) is 0 Å². The molecular formula is C10H14N2O. The van der Waals surface area contributed by atoms with Gasteiger partial charge in [-0.15, -0.1) is 0 Å². The third kappa shape index (κ3) is 4.90. The SMILES string of the molecule is C[N+](C)(C)c1ccccc1.[N-]=C=O. The highest BCUT2D eigenvalue weighted by Crippen LogP contribution is 2.14. The Hall–Kier alpha value is -1.44. The maximum Gasteiger partial charge on any atom is 0.132 e. The molecule has 0 unspecified atom stereocenters. The first kappa shape index (κ1) is 11.6. The number of hydrogen-bond acceptors (Lipinski definition) is 1. The first-order valence-corrected chi connectivity index (χ1v) is 3.90. The predicted octanol–water partition coefficient (Wildman–Crippen LogP) is 1.77. The lowest BCUT2D eigenvalue weighted by Crippen LogP contribution is -2.34. The van der Waals surface area contributed by atoms with Crippen LogP contribution in [0.3, 0.4) is 0 Å². The van der Waals surface area contributed by atoms with Crippen LogP contribution >= 0.6 is 0 Å². The Kier molecular flexibility index (Phi) is 4.67. The van der Waals surface area contributed by atoms with E-state index >= 15 is 0 Å². The van der Waals surface area contributed by atoms with Crippen molar-refractivity contribution in [1.82, 2.24) is 4.48 Å². The zero-order valence-electron chi connectivity index (χ0n) is 8.19. The van der Waals surface area contributed by atoms with E-state index in [1.54, 1.807) is 0 Å². The van der Waals surface area contributed by atoms with Crippen molar-refractivity contribution in [3.05, 3.63) is 35.7 Å². The fourth-order valence-corrected chi connectivity index (χ4v) is 0.875. The maximum atomic E-state index is 8.24. The fraction of sp³-hybridized carbons (Fsp3) is 0.300. The molecule has 0 bridgehead atoms. The van der Waals surface area contributed by atoms with Gasteiger partial charge < -0.3 is 5.41 Å². The van der Waals surface area contributed by atoms with Gasteiger partial charge in [0, 0.05) is 0 Å². The average Bonchev–Trinajstić information content (AvgIpc) is 2.06. The molecule has 1 aromatic rings. The smallest absolute Gasteiger partial charge is 0.132 e. The molecule has 0 heterocycles. The molecule has 0 aliphatic rings. The molecule has 0 radical (unpaired) electrons. The Labute approximate surface area is 78.7 Å². The van der Waals surface area contributed by atoms with E-state index in [4.69, 9.17) is 10.2 Å². The summed E-state index contributed by atoms with van der Waals surface area (Å²) >= 11 is 0. The Morgan fingerprint density at radius 1 is 1.15 bits per heavy atom. The average molecular weight is 178 g/mol. The van der Waals surface area contributed by atoms with Crippen LogP contribution in [0.5, 0.6) is 0 Å². The Morgan fingerprint density at radius 2 is 1.54 bits per heavy atom. The number of quaternary nitrogens is 1. The minimum Gasteiger partial charge on any atom is -0.724 e. The van der Waals surface area contributed by atoms with Gasteiger partial charge in [0.1, 0.15) is 5.69 Å². The molecule has 70 valence electrons. The van der Waals surface area contributed by atoms with E-state index in [0.29, 0.717) is 6.08 Å². The Bertz CT molecular complexity index is 269. The number of nitrogens with zero attached hydrogens (tertiary/aromatic N) is 2. The molecule has 0 amide bonds. The van der Waals surface area contributed by atoms with E-state index in [0.717, 1.165) is 4.48 Å². The number of rotatable bonds is 1. The highest BCUT2D eigenvalue weighted by molar-refractivity contribution is 5.40. The van der Waals surface area contributed by atoms with Gasteiger partial charge in [0.2, 0.25) is 0 Å². The molecule has 0 saturated carbocycles.